The van der Waals surface area contributed by atoms with Crippen LogP contribution in [-0.2, 0) is 17.9 Å². The van der Waals surface area contributed by atoms with E-state index in [-0.39, 0.29) is 12.3 Å². The van der Waals surface area contributed by atoms with Gasteiger partial charge in [0.15, 0.2) is 5.52 Å². The van der Waals surface area contributed by atoms with Gasteiger partial charge in [0.25, 0.3) is 5.69 Å². The molecule has 2 aromatic carbocycles. The van der Waals surface area contributed by atoms with Crippen molar-refractivity contribution in [3.8, 4) is 5.75 Å². The Morgan fingerprint density at radius 1 is 1.17 bits per heavy atom. The van der Waals surface area contributed by atoms with Gasteiger partial charge in [0.2, 0.25) is 0 Å². The number of ether oxygens (including phenoxy) is 2. The summed E-state index contributed by atoms with van der Waals surface area (Å²) in [5.74, 6) is 1.43. The molecule has 124 valence electrons. The first-order chi connectivity index (χ1) is 11.6. The van der Waals surface area contributed by atoms with Crippen LogP contribution in [0.2, 0.25) is 0 Å². The summed E-state index contributed by atoms with van der Waals surface area (Å²) in [4.78, 5) is 15.2. The Kier molecular flexibility index (Phi) is 4.43. The molecular weight excluding hydrogens is 310 g/mol. The number of imidazole rings is 1. The Morgan fingerprint density at radius 2 is 1.92 bits per heavy atom. The van der Waals surface area contributed by atoms with Gasteiger partial charge in [-0.15, -0.1) is 0 Å². The van der Waals surface area contributed by atoms with Crippen molar-refractivity contribution in [1.29, 1.82) is 0 Å². The summed E-state index contributed by atoms with van der Waals surface area (Å²) >= 11 is 0. The van der Waals surface area contributed by atoms with Gasteiger partial charge in [0.1, 0.15) is 18.2 Å². The minimum Gasteiger partial charge on any atom is -0.497 e. The van der Waals surface area contributed by atoms with Gasteiger partial charge in [-0.3, -0.25) is 10.1 Å². The highest BCUT2D eigenvalue weighted by molar-refractivity contribution is 5.85. The molecule has 7 nitrogen and oxygen atoms in total. The molecule has 7 heteroatoms. The van der Waals surface area contributed by atoms with Crippen LogP contribution < -0.4 is 4.74 Å². The average Bonchev–Trinajstić information content (AvgIpc) is 2.93. The Bertz CT molecular complexity index is 871. The number of nitrogens with zero attached hydrogens (tertiary/aromatic N) is 3. The second-order valence-corrected chi connectivity index (χ2v) is 5.30. The number of fused-ring (bicyclic) bond motifs is 1. The normalized spacial score (nSPS) is 10.9. The van der Waals surface area contributed by atoms with Gasteiger partial charge in [-0.25, -0.2) is 4.98 Å². The first-order valence-electron chi connectivity index (χ1n) is 7.38. The van der Waals surface area contributed by atoms with E-state index in [1.165, 1.54) is 6.07 Å². The molecule has 0 saturated carbocycles. The molecular formula is C17H17N3O4. The molecule has 0 spiro atoms. The van der Waals surface area contributed by atoms with Crippen molar-refractivity contribution in [2.24, 2.45) is 0 Å². The quantitative estimate of drug-likeness (QED) is 0.513. The molecule has 0 saturated heterocycles. The molecule has 0 atom stereocenters. The fraction of sp³-hybridized carbons (Fsp3) is 0.235. The highest BCUT2D eigenvalue weighted by atomic mass is 16.6. The van der Waals surface area contributed by atoms with E-state index in [9.17, 15) is 10.1 Å². The predicted octanol–water partition coefficient (Wildman–Crippen LogP) is 3.15. The molecule has 0 fully saturated rings. The van der Waals surface area contributed by atoms with E-state index >= 15 is 0 Å². The number of methoxy groups -OCH3 is 2. The van der Waals surface area contributed by atoms with Gasteiger partial charge in [0, 0.05) is 19.7 Å². The van der Waals surface area contributed by atoms with Crippen molar-refractivity contribution in [1.82, 2.24) is 9.55 Å². The lowest BCUT2D eigenvalue weighted by Crippen LogP contribution is -2.06. The van der Waals surface area contributed by atoms with E-state index in [1.807, 2.05) is 34.9 Å². The van der Waals surface area contributed by atoms with Crippen LogP contribution in [0.3, 0.4) is 0 Å². The van der Waals surface area contributed by atoms with Crippen LogP contribution >= 0.6 is 0 Å². The van der Waals surface area contributed by atoms with Gasteiger partial charge in [0.05, 0.1) is 17.5 Å². The fourth-order valence-corrected chi connectivity index (χ4v) is 2.66. The van der Waals surface area contributed by atoms with E-state index in [0.29, 0.717) is 23.4 Å². The lowest BCUT2D eigenvalue weighted by molar-refractivity contribution is -0.383. The summed E-state index contributed by atoms with van der Waals surface area (Å²) in [6.07, 6.45) is 0. The molecule has 0 aliphatic carbocycles. The molecule has 3 aromatic rings. The Morgan fingerprint density at radius 3 is 2.54 bits per heavy atom. The maximum absolute atomic E-state index is 11.2. The zero-order chi connectivity index (χ0) is 17.1. The summed E-state index contributed by atoms with van der Waals surface area (Å²) in [6.45, 7) is 0.822. The van der Waals surface area contributed by atoms with Gasteiger partial charge >= 0.3 is 0 Å². The number of para-hydroxylation sites is 1. The standard InChI is InChI=1S/C17H17N3O4/c1-23-11-16-18-17-14(4-3-5-15(17)20(21)22)19(16)10-12-6-8-13(24-2)9-7-12/h3-9H,10-11H2,1-2H3. The predicted molar refractivity (Wildman–Crippen MR) is 89.2 cm³/mol. The number of non-ortho nitro benzene ring substituents is 1. The zero-order valence-electron chi connectivity index (χ0n) is 13.4. The molecule has 0 amide bonds. The summed E-state index contributed by atoms with van der Waals surface area (Å²) < 4.78 is 12.3. The van der Waals surface area contributed by atoms with E-state index in [2.05, 4.69) is 4.98 Å². The van der Waals surface area contributed by atoms with Crippen molar-refractivity contribution >= 4 is 16.7 Å². The lowest BCUT2D eigenvalue weighted by atomic mass is 10.2. The number of hydrogen-bond donors (Lipinski definition) is 0. The van der Waals surface area contributed by atoms with Crippen LogP contribution in [0.15, 0.2) is 42.5 Å². The number of nitro benzene ring substituents is 1. The Labute approximate surface area is 138 Å². The lowest BCUT2D eigenvalue weighted by Gasteiger charge is -2.09. The maximum atomic E-state index is 11.2. The van der Waals surface area contributed by atoms with Gasteiger partial charge in [-0.2, -0.15) is 0 Å². The number of nitro groups is 1. The smallest absolute Gasteiger partial charge is 0.297 e. The van der Waals surface area contributed by atoms with Crippen molar-refractivity contribution < 1.29 is 14.4 Å². The SMILES string of the molecule is COCc1nc2c([N+](=O)[O-])cccc2n1Cc1ccc(OC)cc1. The first kappa shape index (κ1) is 15.9. The molecule has 0 radical (unpaired) electrons. The summed E-state index contributed by atoms with van der Waals surface area (Å²) in [6, 6.07) is 12.6. The molecule has 0 unspecified atom stereocenters. The number of benzene rings is 2. The molecule has 0 aliphatic heterocycles. The highest BCUT2D eigenvalue weighted by Gasteiger charge is 2.19. The van der Waals surface area contributed by atoms with Crippen molar-refractivity contribution in [2.75, 3.05) is 14.2 Å². The summed E-state index contributed by atoms with van der Waals surface area (Å²) in [7, 11) is 3.19. The molecule has 0 bridgehead atoms. The molecule has 1 aromatic heterocycles. The summed E-state index contributed by atoms with van der Waals surface area (Å²) in [5.41, 5.74) is 2.13. The number of hydrogen-bond acceptors (Lipinski definition) is 5. The highest BCUT2D eigenvalue weighted by Crippen LogP contribution is 2.27. The van der Waals surface area contributed by atoms with Crippen LogP contribution in [0.25, 0.3) is 11.0 Å². The third-order valence-corrected chi connectivity index (χ3v) is 3.81. The summed E-state index contributed by atoms with van der Waals surface area (Å²) in [5, 5.41) is 11.2. The van der Waals surface area contributed by atoms with Gasteiger partial charge in [-0.1, -0.05) is 18.2 Å². The molecule has 1 heterocycles. The van der Waals surface area contributed by atoms with Crippen LogP contribution in [0.4, 0.5) is 5.69 Å². The molecule has 3 rings (SSSR count). The third kappa shape index (κ3) is 2.93. The fourth-order valence-electron chi connectivity index (χ4n) is 2.66. The Hall–Kier alpha value is -2.93. The van der Waals surface area contributed by atoms with Crippen molar-refractivity contribution in [3.05, 3.63) is 64.0 Å². The largest absolute Gasteiger partial charge is 0.497 e. The van der Waals surface area contributed by atoms with Gasteiger partial charge in [-0.05, 0) is 23.8 Å². The maximum Gasteiger partial charge on any atom is 0.297 e. The van der Waals surface area contributed by atoms with Crippen LogP contribution in [0, 0.1) is 10.1 Å². The second-order valence-electron chi connectivity index (χ2n) is 5.30. The van der Waals surface area contributed by atoms with Gasteiger partial charge < -0.3 is 14.0 Å². The molecule has 0 aliphatic rings. The number of rotatable bonds is 6. The second kappa shape index (κ2) is 6.67. The molecule has 24 heavy (non-hydrogen) atoms. The Balaban J connectivity index is 2.08. The topological polar surface area (TPSA) is 79.4 Å². The van der Waals surface area contributed by atoms with Crippen molar-refractivity contribution in [3.63, 3.8) is 0 Å². The van der Waals surface area contributed by atoms with E-state index in [0.717, 1.165) is 11.3 Å². The van der Waals surface area contributed by atoms with E-state index in [1.54, 1.807) is 20.3 Å². The minimum atomic E-state index is -0.413. The average molecular weight is 327 g/mol. The van der Waals surface area contributed by atoms with E-state index < -0.39 is 4.92 Å². The minimum absolute atomic E-state index is 0.00154. The monoisotopic (exact) mass is 327 g/mol. The van der Waals surface area contributed by atoms with Crippen LogP contribution in [0.1, 0.15) is 11.4 Å². The zero-order valence-corrected chi connectivity index (χ0v) is 13.4. The first-order valence-corrected chi connectivity index (χ1v) is 7.38. The number of aromatic nitrogens is 2. The third-order valence-electron chi connectivity index (χ3n) is 3.81. The van der Waals surface area contributed by atoms with Crippen LogP contribution in [-0.4, -0.2) is 28.7 Å². The molecule has 0 N–H and O–H groups in total. The van der Waals surface area contributed by atoms with Crippen molar-refractivity contribution in [2.45, 2.75) is 13.2 Å². The van der Waals surface area contributed by atoms with E-state index in [4.69, 9.17) is 9.47 Å². The van der Waals surface area contributed by atoms with Crippen LogP contribution in [0.5, 0.6) is 5.75 Å².